The summed E-state index contributed by atoms with van der Waals surface area (Å²) in [6.07, 6.45) is 0. The lowest BCUT2D eigenvalue weighted by atomic mass is 10.2. The first-order valence-electron chi connectivity index (χ1n) is 5.49. The van der Waals surface area contributed by atoms with Crippen molar-refractivity contribution in [3.05, 3.63) is 46.3 Å². The zero-order chi connectivity index (χ0) is 14.6. The summed E-state index contributed by atoms with van der Waals surface area (Å²) in [5.74, 6) is 5.21. The maximum Gasteiger partial charge on any atom is 0.271 e. The van der Waals surface area contributed by atoms with Crippen LogP contribution >= 0.6 is 22.9 Å². The van der Waals surface area contributed by atoms with Gasteiger partial charge >= 0.3 is 0 Å². The van der Waals surface area contributed by atoms with Crippen LogP contribution in [0.2, 0.25) is 4.34 Å². The van der Waals surface area contributed by atoms with Crippen LogP contribution in [-0.4, -0.2) is 20.1 Å². The second-order valence-electron chi connectivity index (χ2n) is 3.70. The fourth-order valence-corrected chi connectivity index (χ4v) is 3.98. The van der Waals surface area contributed by atoms with E-state index in [4.69, 9.17) is 16.7 Å². The molecule has 0 saturated heterocycles. The van der Waals surface area contributed by atoms with E-state index in [0.29, 0.717) is 15.6 Å². The quantitative estimate of drug-likeness (QED) is 0.851. The lowest BCUT2D eigenvalue weighted by Crippen LogP contribution is -2.11. The van der Waals surface area contributed by atoms with E-state index in [-0.39, 0.29) is 10.8 Å². The summed E-state index contributed by atoms with van der Waals surface area (Å²) in [5, 5.41) is 8.64. The van der Waals surface area contributed by atoms with Gasteiger partial charge < -0.3 is 5.11 Å². The molecule has 2 rings (SSSR count). The third-order valence-electron chi connectivity index (χ3n) is 2.24. The van der Waals surface area contributed by atoms with E-state index >= 15 is 0 Å². The van der Waals surface area contributed by atoms with Gasteiger partial charge in [0.1, 0.15) is 10.8 Å². The molecular formula is C13H10ClNO3S2. The van der Waals surface area contributed by atoms with Crippen LogP contribution < -0.4 is 4.72 Å². The molecule has 0 radical (unpaired) electrons. The zero-order valence-corrected chi connectivity index (χ0v) is 12.5. The molecule has 0 saturated carbocycles. The van der Waals surface area contributed by atoms with Gasteiger partial charge in [0.25, 0.3) is 10.0 Å². The first-order chi connectivity index (χ1) is 9.51. The number of anilines is 1. The van der Waals surface area contributed by atoms with Crippen LogP contribution in [0.15, 0.2) is 40.6 Å². The molecule has 7 heteroatoms. The summed E-state index contributed by atoms with van der Waals surface area (Å²) in [6, 6.07) is 9.60. The normalized spacial score (nSPS) is 10.7. The van der Waals surface area contributed by atoms with Crippen molar-refractivity contribution >= 4 is 38.6 Å². The Kier molecular flexibility index (Phi) is 4.68. The fraction of sp³-hybridized carbons (Fsp3) is 0.0769. The average molecular weight is 328 g/mol. The highest BCUT2D eigenvalue weighted by Gasteiger charge is 2.16. The highest BCUT2D eigenvalue weighted by Crippen LogP contribution is 2.27. The minimum absolute atomic E-state index is 0.148. The van der Waals surface area contributed by atoms with Gasteiger partial charge in [0.15, 0.2) is 0 Å². The van der Waals surface area contributed by atoms with Crippen molar-refractivity contribution in [3.63, 3.8) is 0 Å². The molecule has 0 fully saturated rings. The standard InChI is InChI=1S/C13H10ClNO3S2/c14-12-6-7-13(19-12)20(17,18)15-11-5-1-3-10(9-11)4-2-8-16/h1,3,5-7,9,15-16H,8H2. The lowest BCUT2D eigenvalue weighted by molar-refractivity contribution is 0.350. The number of thiophene rings is 1. The summed E-state index contributed by atoms with van der Waals surface area (Å²) >= 11 is 6.72. The van der Waals surface area contributed by atoms with Crippen molar-refractivity contribution < 1.29 is 13.5 Å². The van der Waals surface area contributed by atoms with Crippen molar-refractivity contribution in [2.45, 2.75) is 4.21 Å². The van der Waals surface area contributed by atoms with E-state index in [9.17, 15) is 8.42 Å². The summed E-state index contributed by atoms with van der Waals surface area (Å²) < 4.78 is 27.2. The van der Waals surface area contributed by atoms with Crippen molar-refractivity contribution in [3.8, 4) is 11.8 Å². The van der Waals surface area contributed by atoms with Crippen LogP contribution in [0.4, 0.5) is 5.69 Å². The molecule has 0 bridgehead atoms. The van der Waals surface area contributed by atoms with Gasteiger partial charge in [0.2, 0.25) is 0 Å². The first kappa shape index (κ1) is 14.9. The van der Waals surface area contributed by atoms with Gasteiger partial charge in [-0.1, -0.05) is 29.5 Å². The molecule has 0 aliphatic carbocycles. The van der Waals surface area contributed by atoms with E-state index in [1.807, 2.05) is 0 Å². The Morgan fingerprint density at radius 2 is 2.10 bits per heavy atom. The highest BCUT2D eigenvalue weighted by molar-refractivity contribution is 7.94. The Labute approximate surface area is 126 Å². The van der Waals surface area contributed by atoms with Gasteiger partial charge in [-0.15, -0.1) is 11.3 Å². The van der Waals surface area contributed by atoms with Gasteiger partial charge in [0, 0.05) is 5.56 Å². The highest BCUT2D eigenvalue weighted by atomic mass is 35.5. The predicted octanol–water partition coefficient (Wildman–Crippen LogP) is 2.55. The molecule has 0 spiro atoms. The molecule has 0 aliphatic rings. The van der Waals surface area contributed by atoms with Crippen LogP contribution in [-0.2, 0) is 10.0 Å². The summed E-state index contributed by atoms with van der Waals surface area (Å²) in [4.78, 5) is 0. The van der Waals surface area contributed by atoms with E-state index in [1.54, 1.807) is 24.3 Å². The maximum absolute atomic E-state index is 12.1. The lowest BCUT2D eigenvalue weighted by Gasteiger charge is -2.06. The second-order valence-corrected chi connectivity index (χ2v) is 7.33. The molecular weight excluding hydrogens is 318 g/mol. The number of aliphatic hydroxyl groups excluding tert-OH is 1. The summed E-state index contributed by atoms with van der Waals surface area (Å²) in [6.45, 7) is -0.246. The number of benzene rings is 1. The Bertz CT molecular complexity index is 772. The van der Waals surface area contributed by atoms with Gasteiger partial charge in [-0.05, 0) is 30.3 Å². The Balaban J connectivity index is 2.25. The molecule has 0 aliphatic heterocycles. The molecule has 1 aromatic heterocycles. The Morgan fingerprint density at radius 3 is 2.75 bits per heavy atom. The monoisotopic (exact) mass is 327 g/mol. The van der Waals surface area contributed by atoms with Crippen molar-refractivity contribution in [1.29, 1.82) is 0 Å². The Hall–Kier alpha value is -1.52. The smallest absolute Gasteiger partial charge is 0.271 e. The molecule has 0 atom stereocenters. The number of nitrogens with one attached hydrogen (secondary N) is 1. The molecule has 20 heavy (non-hydrogen) atoms. The van der Waals surface area contributed by atoms with E-state index in [1.165, 1.54) is 12.1 Å². The van der Waals surface area contributed by atoms with Gasteiger partial charge in [-0.25, -0.2) is 8.42 Å². The SMILES string of the molecule is O=S(=O)(Nc1cccc(C#CCO)c1)c1ccc(Cl)s1. The summed E-state index contributed by atoms with van der Waals surface area (Å²) in [5.41, 5.74) is 1.02. The minimum Gasteiger partial charge on any atom is -0.384 e. The van der Waals surface area contributed by atoms with Crippen molar-refractivity contribution in [2.75, 3.05) is 11.3 Å². The van der Waals surface area contributed by atoms with E-state index < -0.39 is 10.0 Å². The van der Waals surface area contributed by atoms with E-state index in [2.05, 4.69) is 16.6 Å². The van der Waals surface area contributed by atoms with Crippen molar-refractivity contribution in [1.82, 2.24) is 0 Å². The van der Waals surface area contributed by atoms with Crippen molar-refractivity contribution in [2.24, 2.45) is 0 Å². The number of hydrogen-bond donors (Lipinski definition) is 2. The fourth-order valence-electron chi connectivity index (χ4n) is 1.45. The van der Waals surface area contributed by atoms with Crippen LogP contribution in [0, 0.1) is 11.8 Å². The van der Waals surface area contributed by atoms with Gasteiger partial charge in [0.05, 0.1) is 10.0 Å². The molecule has 0 amide bonds. The topological polar surface area (TPSA) is 66.4 Å². The van der Waals surface area contributed by atoms with Gasteiger partial charge in [-0.3, -0.25) is 4.72 Å². The number of rotatable bonds is 3. The second kappa shape index (κ2) is 6.29. The van der Waals surface area contributed by atoms with Crippen LogP contribution in [0.5, 0.6) is 0 Å². The Morgan fingerprint density at radius 1 is 1.30 bits per heavy atom. The number of aliphatic hydroxyl groups is 1. The minimum atomic E-state index is -3.64. The van der Waals surface area contributed by atoms with Crippen LogP contribution in [0.3, 0.4) is 0 Å². The van der Waals surface area contributed by atoms with Gasteiger partial charge in [-0.2, -0.15) is 0 Å². The predicted molar refractivity (Wildman–Crippen MR) is 80.5 cm³/mol. The summed E-state index contributed by atoms with van der Waals surface area (Å²) in [7, 11) is -3.64. The van der Waals surface area contributed by atoms with Crippen LogP contribution in [0.25, 0.3) is 0 Å². The van der Waals surface area contributed by atoms with E-state index in [0.717, 1.165) is 11.3 Å². The molecule has 4 nitrogen and oxygen atoms in total. The molecule has 2 N–H and O–H groups in total. The molecule has 104 valence electrons. The largest absolute Gasteiger partial charge is 0.384 e. The number of sulfonamides is 1. The maximum atomic E-state index is 12.1. The molecule has 2 aromatic rings. The van der Waals surface area contributed by atoms with Crippen LogP contribution in [0.1, 0.15) is 5.56 Å². The molecule has 1 aromatic carbocycles. The third-order valence-corrected chi connectivity index (χ3v) is 5.34. The number of hydrogen-bond acceptors (Lipinski definition) is 4. The number of halogens is 1. The third kappa shape index (κ3) is 3.74. The average Bonchev–Trinajstić information content (AvgIpc) is 2.84. The molecule has 0 unspecified atom stereocenters. The molecule has 1 heterocycles. The first-order valence-corrected chi connectivity index (χ1v) is 8.17. The zero-order valence-electron chi connectivity index (χ0n) is 10.1.